The van der Waals surface area contributed by atoms with E-state index in [2.05, 4.69) is 15.1 Å². The van der Waals surface area contributed by atoms with Gasteiger partial charge in [-0.3, -0.25) is 4.68 Å². The van der Waals surface area contributed by atoms with Crippen molar-refractivity contribution in [1.82, 2.24) is 15.1 Å². The molecule has 1 N–H and O–H groups in total. The second-order valence-corrected chi connectivity index (χ2v) is 4.83. The fraction of sp³-hybridized carbons (Fsp3) is 0.417. The highest BCUT2D eigenvalue weighted by atomic mass is 35.5. The molecular formula is C12H14ClN3. The van der Waals surface area contributed by atoms with Crippen LogP contribution < -0.4 is 5.32 Å². The van der Waals surface area contributed by atoms with Gasteiger partial charge in [-0.25, -0.2) is 0 Å². The molecular weight excluding hydrogens is 222 g/mol. The Morgan fingerprint density at radius 3 is 3.25 bits per heavy atom. The number of nitrogens with zero attached hydrogens (tertiary/aromatic N) is 2. The van der Waals surface area contributed by atoms with E-state index in [-0.39, 0.29) is 0 Å². The normalized spacial score (nSPS) is 20.7. The number of aromatic nitrogens is 2. The molecule has 0 radical (unpaired) electrons. The molecule has 3 nitrogen and oxygen atoms in total. The van der Waals surface area contributed by atoms with E-state index in [1.54, 1.807) is 0 Å². The monoisotopic (exact) mass is 235 g/mol. The lowest BCUT2D eigenvalue weighted by atomic mass is 10.1. The summed E-state index contributed by atoms with van der Waals surface area (Å²) < 4.78 is 2.07. The second-order valence-electron chi connectivity index (χ2n) is 4.39. The molecule has 1 unspecified atom stereocenters. The molecule has 84 valence electrons. The number of nitrogens with one attached hydrogen (secondary N) is 1. The lowest BCUT2D eigenvalue weighted by Gasteiger charge is -2.09. The molecule has 1 aromatic heterocycles. The summed E-state index contributed by atoms with van der Waals surface area (Å²) in [5.41, 5.74) is 1.14. The number of halogens is 1. The molecule has 1 atom stereocenters. The van der Waals surface area contributed by atoms with Crippen molar-refractivity contribution in [2.24, 2.45) is 5.92 Å². The van der Waals surface area contributed by atoms with Gasteiger partial charge in [0, 0.05) is 17.0 Å². The third-order valence-corrected chi connectivity index (χ3v) is 3.44. The molecule has 4 heteroatoms. The summed E-state index contributed by atoms with van der Waals surface area (Å²) in [7, 11) is 0. The molecule has 1 aliphatic heterocycles. The molecule has 0 amide bonds. The van der Waals surface area contributed by atoms with Crippen LogP contribution in [0.25, 0.3) is 10.9 Å². The number of fused-ring (bicyclic) bond motifs is 1. The van der Waals surface area contributed by atoms with Gasteiger partial charge in [0.2, 0.25) is 0 Å². The van der Waals surface area contributed by atoms with Crippen molar-refractivity contribution >= 4 is 22.5 Å². The number of hydrogen-bond donors (Lipinski definition) is 1. The van der Waals surface area contributed by atoms with E-state index in [4.69, 9.17) is 11.6 Å². The number of hydrogen-bond acceptors (Lipinski definition) is 2. The van der Waals surface area contributed by atoms with Crippen LogP contribution in [0.1, 0.15) is 6.42 Å². The van der Waals surface area contributed by atoms with Crippen LogP contribution in [0.5, 0.6) is 0 Å². The Bertz CT molecular complexity index is 500. The smallest absolute Gasteiger partial charge is 0.0697 e. The van der Waals surface area contributed by atoms with Gasteiger partial charge >= 0.3 is 0 Å². The van der Waals surface area contributed by atoms with Crippen LogP contribution in [0, 0.1) is 5.92 Å². The first-order valence-corrected chi connectivity index (χ1v) is 6.02. The Hall–Kier alpha value is -1.06. The Morgan fingerprint density at radius 2 is 2.44 bits per heavy atom. The van der Waals surface area contributed by atoms with Crippen molar-refractivity contribution in [3.8, 4) is 0 Å². The third kappa shape index (κ3) is 1.81. The minimum absolute atomic E-state index is 0.696. The molecule has 2 heterocycles. The van der Waals surface area contributed by atoms with E-state index < -0.39 is 0 Å². The zero-order valence-electron chi connectivity index (χ0n) is 8.99. The Kier molecular flexibility index (Phi) is 2.58. The average molecular weight is 236 g/mol. The number of benzene rings is 1. The van der Waals surface area contributed by atoms with Crippen LogP contribution in [-0.4, -0.2) is 22.9 Å². The summed E-state index contributed by atoms with van der Waals surface area (Å²) in [5, 5.41) is 9.75. The molecule has 1 aliphatic rings. The van der Waals surface area contributed by atoms with Crippen LogP contribution in [-0.2, 0) is 6.54 Å². The zero-order chi connectivity index (χ0) is 11.0. The SMILES string of the molecule is Clc1ccc2cnn(CC3CCNC3)c2c1. The Balaban J connectivity index is 1.93. The summed E-state index contributed by atoms with van der Waals surface area (Å²) in [5.74, 6) is 0.696. The minimum Gasteiger partial charge on any atom is -0.316 e. The first kappa shape index (κ1) is 10.1. The predicted molar refractivity (Wildman–Crippen MR) is 65.7 cm³/mol. The zero-order valence-corrected chi connectivity index (χ0v) is 9.74. The molecule has 0 spiro atoms. The molecule has 1 fully saturated rings. The maximum Gasteiger partial charge on any atom is 0.0697 e. The summed E-state index contributed by atoms with van der Waals surface area (Å²) in [6.45, 7) is 3.21. The standard InChI is InChI=1S/C12H14ClN3/c13-11-2-1-10-7-15-16(12(10)5-11)8-9-3-4-14-6-9/h1-2,5,7,9,14H,3-4,6,8H2. The second kappa shape index (κ2) is 4.07. The average Bonchev–Trinajstić information content (AvgIpc) is 2.90. The molecule has 1 saturated heterocycles. The van der Waals surface area contributed by atoms with Gasteiger partial charge in [-0.05, 0) is 43.6 Å². The van der Waals surface area contributed by atoms with Gasteiger partial charge < -0.3 is 5.32 Å². The van der Waals surface area contributed by atoms with Gasteiger partial charge in [0.1, 0.15) is 0 Å². The molecule has 3 rings (SSSR count). The lowest BCUT2D eigenvalue weighted by Crippen LogP contribution is -2.15. The first-order valence-electron chi connectivity index (χ1n) is 5.65. The van der Waals surface area contributed by atoms with Gasteiger partial charge in [0.25, 0.3) is 0 Å². The van der Waals surface area contributed by atoms with Crippen molar-refractivity contribution in [2.75, 3.05) is 13.1 Å². The highest BCUT2D eigenvalue weighted by molar-refractivity contribution is 6.31. The van der Waals surface area contributed by atoms with E-state index in [9.17, 15) is 0 Å². The van der Waals surface area contributed by atoms with Crippen LogP contribution in [0.2, 0.25) is 5.02 Å². The van der Waals surface area contributed by atoms with Crippen molar-refractivity contribution in [3.05, 3.63) is 29.4 Å². The van der Waals surface area contributed by atoms with Crippen LogP contribution in [0.4, 0.5) is 0 Å². The van der Waals surface area contributed by atoms with Crippen molar-refractivity contribution in [2.45, 2.75) is 13.0 Å². The molecule has 2 aromatic rings. The fourth-order valence-corrected chi connectivity index (χ4v) is 2.47. The maximum atomic E-state index is 6.01. The quantitative estimate of drug-likeness (QED) is 0.866. The van der Waals surface area contributed by atoms with Gasteiger partial charge in [-0.2, -0.15) is 5.10 Å². The lowest BCUT2D eigenvalue weighted by molar-refractivity contribution is 0.459. The molecule has 0 aliphatic carbocycles. The highest BCUT2D eigenvalue weighted by Crippen LogP contribution is 2.20. The Labute approximate surface area is 99.4 Å². The summed E-state index contributed by atoms with van der Waals surface area (Å²) in [4.78, 5) is 0. The van der Waals surface area contributed by atoms with Gasteiger partial charge in [-0.1, -0.05) is 11.6 Å². The van der Waals surface area contributed by atoms with E-state index in [0.29, 0.717) is 5.92 Å². The largest absolute Gasteiger partial charge is 0.316 e. The van der Waals surface area contributed by atoms with Crippen molar-refractivity contribution < 1.29 is 0 Å². The first-order chi connectivity index (χ1) is 7.83. The summed E-state index contributed by atoms with van der Waals surface area (Å²) in [6.07, 6.45) is 3.15. The Morgan fingerprint density at radius 1 is 1.50 bits per heavy atom. The molecule has 16 heavy (non-hydrogen) atoms. The van der Waals surface area contributed by atoms with E-state index in [1.807, 2.05) is 24.4 Å². The third-order valence-electron chi connectivity index (χ3n) is 3.20. The molecule has 0 saturated carbocycles. The number of rotatable bonds is 2. The molecule has 0 bridgehead atoms. The van der Waals surface area contributed by atoms with Gasteiger partial charge in [-0.15, -0.1) is 0 Å². The van der Waals surface area contributed by atoms with Gasteiger partial charge in [0.05, 0.1) is 11.7 Å². The summed E-state index contributed by atoms with van der Waals surface area (Å²) >= 11 is 6.01. The van der Waals surface area contributed by atoms with Crippen LogP contribution in [0.3, 0.4) is 0 Å². The summed E-state index contributed by atoms with van der Waals surface area (Å²) in [6, 6.07) is 5.92. The van der Waals surface area contributed by atoms with Crippen LogP contribution in [0.15, 0.2) is 24.4 Å². The van der Waals surface area contributed by atoms with E-state index in [1.165, 1.54) is 6.42 Å². The minimum atomic E-state index is 0.696. The maximum absolute atomic E-state index is 6.01. The van der Waals surface area contributed by atoms with Crippen molar-refractivity contribution in [3.63, 3.8) is 0 Å². The predicted octanol–water partition coefficient (Wildman–Crippen LogP) is 2.30. The van der Waals surface area contributed by atoms with E-state index in [0.717, 1.165) is 35.6 Å². The van der Waals surface area contributed by atoms with Gasteiger partial charge in [0.15, 0.2) is 0 Å². The van der Waals surface area contributed by atoms with E-state index >= 15 is 0 Å². The highest BCUT2D eigenvalue weighted by Gasteiger charge is 2.16. The fourth-order valence-electron chi connectivity index (χ4n) is 2.30. The van der Waals surface area contributed by atoms with Crippen LogP contribution >= 0.6 is 11.6 Å². The topological polar surface area (TPSA) is 29.9 Å². The molecule has 1 aromatic carbocycles. The van der Waals surface area contributed by atoms with Crippen molar-refractivity contribution in [1.29, 1.82) is 0 Å².